The lowest BCUT2D eigenvalue weighted by atomic mass is 9.93. The topological polar surface area (TPSA) is 40.5 Å². The number of hydrogen-bond acceptors (Lipinski definition) is 2. The molecule has 0 saturated heterocycles. The molecule has 1 aromatic rings. The van der Waals surface area contributed by atoms with Crippen LogP contribution in [0, 0.1) is 0 Å². The summed E-state index contributed by atoms with van der Waals surface area (Å²) in [6.07, 6.45) is 3.92. The lowest BCUT2D eigenvalue weighted by molar-refractivity contribution is 0.442. The van der Waals surface area contributed by atoms with Crippen molar-refractivity contribution in [1.82, 2.24) is 0 Å². The first kappa shape index (κ1) is 10.0. The van der Waals surface area contributed by atoms with E-state index >= 15 is 0 Å². The summed E-state index contributed by atoms with van der Waals surface area (Å²) < 4.78 is 0. The number of aromatic hydroxyl groups is 2. The molecule has 2 nitrogen and oxygen atoms in total. The molecule has 0 bridgehead atoms. The molecule has 0 aromatic heterocycles. The molecule has 86 valence electrons. The van der Waals surface area contributed by atoms with E-state index in [-0.39, 0.29) is 0 Å². The largest absolute Gasteiger partial charge is 0.507 e. The number of phenolic OH excluding ortho intramolecular Hbond substituents is 2. The van der Waals surface area contributed by atoms with Crippen molar-refractivity contribution in [3.05, 3.63) is 22.3 Å². The fraction of sp³-hybridized carbons (Fsp3) is 0.571. The Hall–Kier alpha value is -1.18. The molecule has 0 aliphatic heterocycles. The third-order valence-corrected chi connectivity index (χ3v) is 4.37. The van der Waals surface area contributed by atoms with E-state index in [9.17, 15) is 10.2 Å². The SMILES string of the molecule is CC1CCc2c(O)c3c(c(O)c21)CCC3C. The van der Waals surface area contributed by atoms with Crippen molar-refractivity contribution in [2.75, 3.05) is 0 Å². The molecule has 3 rings (SSSR count). The van der Waals surface area contributed by atoms with E-state index in [1.54, 1.807) is 0 Å². The predicted molar refractivity (Wildman–Crippen MR) is 63.2 cm³/mol. The lowest BCUT2D eigenvalue weighted by Crippen LogP contribution is -1.96. The Labute approximate surface area is 95.9 Å². The second-order valence-corrected chi connectivity index (χ2v) is 5.36. The zero-order valence-corrected chi connectivity index (χ0v) is 9.88. The van der Waals surface area contributed by atoms with Gasteiger partial charge in [-0.25, -0.2) is 0 Å². The number of benzene rings is 1. The van der Waals surface area contributed by atoms with Crippen LogP contribution in [0.15, 0.2) is 0 Å². The molecule has 2 unspecified atom stereocenters. The Balaban J connectivity index is 2.32. The number of rotatable bonds is 0. The molecule has 2 N–H and O–H groups in total. The van der Waals surface area contributed by atoms with Gasteiger partial charge in [-0.1, -0.05) is 13.8 Å². The maximum absolute atomic E-state index is 10.3. The minimum Gasteiger partial charge on any atom is -0.507 e. The smallest absolute Gasteiger partial charge is 0.123 e. The van der Waals surface area contributed by atoms with Gasteiger partial charge in [-0.05, 0) is 37.5 Å². The highest BCUT2D eigenvalue weighted by atomic mass is 16.3. The second-order valence-electron chi connectivity index (χ2n) is 5.36. The summed E-state index contributed by atoms with van der Waals surface area (Å²) in [4.78, 5) is 0. The first-order chi connectivity index (χ1) is 7.61. The highest BCUT2D eigenvalue weighted by Crippen LogP contribution is 2.52. The molecule has 0 heterocycles. The van der Waals surface area contributed by atoms with Crippen molar-refractivity contribution >= 4 is 0 Å². The van der Waals surface area contributed by atoms with Gasteiger partial charge in [0.15, 0.2) is 0 Å². The molecular formula is C14H18O2. The van der Waals surface area contributed by atoms with Gasteiger partial charge in [0.2, 0.25) is 0 Å². The molecule has 0 fully saturated rings. The Morgan fingerprint density at radius 3 is 1.56 bits per heavy atom. The maximum Gasteiger partial charge on any atom is 0.123 e. The summed E-state index contributed by atoms with van der Waals surface area (Å²) in [5.74, 6) is 1.75. The van der Waals surface area contributed by atoms with Gasteiger partial charge in [0.1, 0.15) is 11.5 Å². The van der Waals surface area contributed by atoms with Crippen LogP contribution < -0.4 is 0 Å². The van der Waals surface area contributed by atoms with Gasteiger partial charge in [-0.15, -0.1) is 0 Å². The normalized spacial score (nSPS) is 26.9. The zero-order chi connectivity index (χ0) is 11.4. The van der Waals surface area contributed by atoms with Crippen LogP contribution in [-0.2, 0) is 12.8 Å². The van der Waals surface area contributed by atoms with Crippen molar-refractivity contribution in [3.63, 3.8) is 0 Å². The van der Waals surface area contributed by atoms with Gasteiger partial charge in [0.05, 0.1) is 0 Å². The Bertz CT molecular complexity index is 419. The van der Waals surface area contributed by atoms with E-state index in [4.69, 9.17) is 0 Å². The molecule has 2 aliphatic carbocycles. The van der Waals surface area contributed by atoms with Crippen molar-refractivity contribution < 1.29 is 10.2 Å². The molecule has 16 heavy (non-hydrogen) atoms. The summed E-state index contributed by atoms with van der Waals surface area (Å²) in [6.45, 7) is 4.27. The molecule has 2 heteroatoms. The molecule has 2 atom stereocenters. The zero-order valence-electron chi connectivity index (χ0n) is 9.88. The second kappa shape index (κ2) is 3.16. The molecule has 0 saturated carbocycles. The summed E-state index contributed by atoms with van der Waals surface area (Å²) in [6, 6.07) is 0. The number of hydrogen-bond donors (Lipinski definition) is 2. The minimum absolute atomic E-state index is 0.391. The van der Waals surface area contributed by atoms with Gasteiger partial charge in [-0.2, -0.15) is 0 Å². The highest BCUT2D eigenvalue weighted by Gasteiger charge is 2.34. The van der Waals surface area contributed by atoms with Gasteiger partial charge in [0.25, 0.3) is 0 Å². The van der Waals surface area contributed by atoms with Gasteiger partial charge >= 0.3 is 0 Å². The Morgan fingerprint density at radius 2 is 1.19 bits per heavy atom. The average molecular weight is 218 g/mol. The van der Waals surface area contributed by atoms with Crippen LogP contribution in [0.2, 0.25) is 0 Å². The van der Waals surface area contributed by atoms with Crippen LogP contribution in [0.1, 0.15) is 60.8 Å². The van der Waals surface area contributed by atoms with Crippen molar-refractivity contribution in [2.24, 2.45) is 0 Å². The number of phenols is 2. The predicted octanol–water partition coefficient (Wildman–Crippen LogP) is 3.20. The Kier molecular flexibility index (Phi) is 1.97. The van der Waals surface area contributed by atoms with Gasteiger partial charge in [0, 0.05) is 22.3 Å². The van der Waals surface area contributed by atoms with Crippen LogP contribution in [0.25, 0.3) is 0 Å². The first-order valence-corrected chi connectivity index (χ1v) is 6.20. The average Bonchev–Trinajstić information content (AvgIpc) is 2.80. The highest BCUT2D eigenvalue weighted by molar-refractivity contribution is 5.63. The van der Waals surface area contributed by atoms with Gasteiger partial charge < -0.3 is 10.2 Å². The summed E-state index contributed by atoms with van der Waals surface area (Å²) in [7, 11) is 0. The molecular weight excluding hydrogens is 200 g/mol. The van der Waals surface area contributed by atoms with Crippen LogP contribution in [0.3, 0.4) is 0 Å². The molecule has 0 amide bonds. The van der Waals surface area contributed by atoms with Crippen molar-refractivity contribution in [1.29, 1.82) is 0 Å². The first-order valence-electron chi connectivity index (χ1n) is 6.20. The van der Waals surface area contributed by atoms with Crippen LogP contribution in [-0.4, -0.2) is 10.2 Å². The van der Waals surface area contributed by atoms with Crippen molar-refractivity contribution in [2.45, 2.75) is 51.4 Å². The molecule has 1 aromatic carbocycles. The van der Waals surface area contributed by atoms with E-state index in [0.717, 1.165) is 47.9 Å². The molecule has 0 radical (unpaired) electrons. The lowest BCUT2D eigenvalue weighted by Gasteiger charge is -2.16. The van der Waals surface area contributed by atoms with Crippen LogP contribution in [0.5, 0.6) is 11.5 Å². The fourth-order valence-electron chi connectivity index (χ4n) is 3.44. The molecule has 2 aliphatic rings. The van der Waals surface area contributed by atoms with E-state index in [2.05, 4.69) is 13.8 Å². The summed E-state index contributed by atoms with van der Waals surface area (Å²) in [5, 5.41) is 20.7. The van der Waals surface area contributed by atoms with E-state index in [0.29, 0.717) is 23.3 Å². The standard InChI is InChI=1S/C14H18O2/c1-7-3-5-9-11(7)13(15)10-6-4-8(2)12(10)14(9)16/h7-8,15-16H,3-6H2,1-2H3. The van der Waals surface area contributed by atoms with Crippen LogP contribution in [0.4, 0.5) is 0 Å². The minimum atomic E-state index is 0.391. The van der Waals surface area contributed by atoms with E-state index < -0.39 is 0 Å². The fourth-order valence-corrected chi connectivity index (χ4v) is 3.44. The third kappa shape index (κ3) is 1.07. The van der Waals surface area contributed by atoms with E-state index in [1.807, 2.05) is 0 Å². The van der Waals surface area contributed by atoms with Gasteiger partial charge in [-0.3, -0.25) is 0 Å². The van der Waals surface area contributed by atoms with E-state index in [1.165, 1.54) is 0 Å². The third-order valence-electron chi connectivity index (χ3n) is 4.37. The van der Waals surface area contributed by atoms with Crippen LogP contribution >= 0.6 is 0 Å². The summed E-state index contributed by atoms with van der Waals surface area (Å²) in [5.41, 5.74) is 4.06. The Morgan fingerprint density at radius 1 is 0.812 bits per heavy atom. The van der Waals surface area contributed by atoms with Crippen molar-refractivity contribution in [3.8, 4) is 11.5 Å². The maximum atomic E-state index is 10.3. The molecule has 0 spiro atoms. The number of fused-ring (bicyclic) bond motifs is 2. The quantitative estimate of drug-likeness (QED) is 0.656. The monoisotopic (exact) mass is 218 g/mol. The summed E-state index contributed by atoms with van der Waals surface area (Å²) >= 11 is 0.